The molecule has 2 heterocycles. The SMILES string of the molecule is C[C@@H]1CN[C@@H](C)CN1c1ccc(C(=O)Nc2cc(OC(F)(F)F)c(Br)cc2Cl)cn1. The monoisotopic (exact) mass is 506 g/mol. The molecule has 1 fully saturated rings. The molecule has 11 heteroatoms. The Hall–Kier alpha value is -2.04. The summed E-state index contributed by atoms with van der Waals surface area (Å²) in [6.07, 6.45) is -3.46. The van der Waals surface area contributed by atoms with Gasteiger partial charge in [-0.1, -0.05) is 11.6 Å². The zero-order valence-electron chi connectivity index (χ0n) is 16.1. The van der Waals surface area contributed by atoms with E-state index in [-0.39, 0.29) is 26.8 Å². The number of carbonyl (C=O) groups is 1. The third kappa shape index (κ3) is 5.55. The average Bonchev–Trinajstić information content (AvgIpc) is 2.66. The van der Waals surface area contributed by atoms with Gasteiger partial charge in [0.05, 0.1) is 20.7 Å². The lowest BCUT2D eigenvalue weighted by atomic mass is 10.1. The normalized spacial score (nSPS) is 19.5. The highest BCUT2D eigenvalue weighted by Crippen LogP contribution is 2.37. The summed E-state index contributed by atoms with van der Waals surface area (Å²) >= 11 is 9.01. The Bertz CT molecular complexity index is 927. The molecule has 0 saturated carbocycles. The zero-order chi connectivity index (χ0) is 22.1. The highest BCUT2D eigenvalue weighted by atomic mass is 79.9. The molecule has 3 rings (SSSR count). The molecular formula is C19H19BrClF3N4O2. The quantitative estimate of drug-likeness (QED) is 0.620. The van der Waals surface area contributed by atoms with Crippen LogP contribution in [0.1, 0.15) is 24.2 Å². The predicted molar refractivity (Wildman–Crippen MR) is 112 cm³/mol. The number of pyridine rings is 1. The standard InChI is InChI=1S/C19H19BrClF3N4O2/c1-10-9-28(11(2)7-25-10)17-4-3-12(8-26-17)18(29)27-15-6-16(30-19(22,23)24)13(20)5-14(15)21/h3-6,8,10-11,25H,7,9H2,1-2H3,(H,27,29)/t10-,11+/m0/s1. The van der Waals surface area contributed by atoms with Gasteiger partial charge in [0.1, 0.15) is 11.6 Å². The molecule has 6 nitrogen and oxygen atoms in total. The number of aromatic nitrogens is 1. The van der Waals surface area contributed by atoms with Crippen LogP contribution in [0.5, 0.6) is 5.75 Å². The first-order chi connectivity index (χ1) is 14.0. The van der Waals surface area contributed by atoms with Crippen LogP contribution in [0, 0.1) is 0 Å². The Morgan fingerprint density at radius 3 is 2.73 bits per heavy atom. The second kappa shape index (κ2) is 8.99. The predicted octanol–water partition coefficient (Wildman–Crippen LogP) is 4.84. The van der Waals surface area contributed by atoms with Gasteiger partial charge >= 0.3 is 6.36 Å². The number of hydrogen-bond donors (Lipinski definition) is 2. The van der Waals surface area contributed by atoms with Crippen LogP contribution >= 0.6 is 27.5 Å². The average molecular weight is 508 g/mol. The molecule has 1 aromatic heterocycles. The van der Waals surface area contributed by atoms with Crippen molar-refractivity contribution >= 4 is 44.9 Å². The molecule has 0 radical (unpaired) electrons. The molecule has 1 aromatic carbocycles. The molecule has 2 atom stereocenters. The number of halogens is 5. The van der Waals surface area contributed by atoms with Crippen LogP contribution < -0.4 is 20.3 Å². The van der Waals surface area contributed by atoms with Crippen molar-refractivity contribution in [3.05, 3.63) is 45.5 Å². The van der Waals surface area contributed by atoms with Crippen molar-refractivity contribution in [2.45, 2.75) is 32.3 Å². The highest BCUT2D eigenvalue weighted by Gasteiger charge is 2.32. The van der Waals surface area contributed by atoms with Crippen molar-refractivity contribution in [2.24, 2.45) is 0 Å². The van der Waals surface area contributed by atoms with Gasteiger partial charge in [-0.2, -0.15) is 0 Å². The van der Waals surface area contributed by atoms with E-state index < -0.39 is 18.0 Å². The molecule has 1 amide bonds. The van der Waals surface area contributed by atoms with Gasteiger partial charge in [-0.05, 0) is 48.0 Å². The van der Waals surface area contributed by atoms with Crippen LogP contribution in [0.15, 0.2) is 34.9 Å². The van der Waals surface area contributed by atoms with Crippen LogP contribution in [0.3, 0.4) is 0 Å². The molecular weight excluding hydrogens is 489 g/mol. The Balaban J connectivity index is 1.75. The molecule has 0 aliphatic carbocycles. The van der Waals surface area contributed by atoms with E-state index in [4.69, 9.17) is 11.6 Å². The largest absolute Gasteiger partial charge is 0.573 e. The summed E-state index contributed by atoms with van der Waals surface area (Å²) < 4.78 is 41.6. The van der Waals surface area contributed by atoms with Gasteiger partial charge in [-0.15, -0.1) is 13.2 Å². The summed E-state index contributed by atoms with van der Waals surface area (Å²) in [5.41, 5.74) is 0.226. The number of ether oxygens (including phenoxy) is 1. The molecule has 0 bridgehead atoms. The molecule has 1 aliphatic heterocycles. The maximum absolute atomic E-state index is 12.5. The highest BCUT2D eigenvalue weighted by molar-refractivity contribution is 9.10. The van der Waals surface area contributed by atoms with Crippen molar-refractivity contribution in [3.8, 4) is 5.75 Å². The van der Waals surface area contributed by atoms with Crippen molar-refractivity contribution in [1.82, 2.24) is 10.3 Å². The van der Waals surface area contributed by atoms with E-state index in [1.165, 1.54) is 12.3 Å². The number of benzene rings is 1. The molecule has 0 spiro atoms. The second-order valence-corrected chi connectivity index (χ2v) is 8.24. The number of nitrogens with one attached hydrogen (secondary N) is 2. The minimum Gasteiger partial charge on any atom is -0.405 e. The number of piperazine rings is 1. The number of rotatable bonds is 4. The molecule has 1 aliphatic rings. The van der Waals surface area contributed by atoms with Gasteiger partial charge in [-0.25, -0.2) is 4.98 Å². The summed E-state index contributed by atoms with van der Waals surface area (Å²) in [4.78, 5) is 19.1. The van der Waals surface area contributed by atoms with Crippen molar-refractivity contribution < 1.29 is 22.7 Å². The lowest BCUT2D eigenvalue weighted by Gasteiger charge is -2.38. The van der Waals surface area contributed by atoms with Crippen LogP contribution in [0.25, 0.3) is 0 Å². The Morgan fingerprint density at radius 1 is 1.37 bits per heavy atom. The van der Waals surface area contributed by atoms with Gasteiger partial charge < -0.3 is 20.3 Å². The van der Waals surface area contributed by atoms with Crippen LogP contribution in [0.4, 0.5) is 24.7 Å². The summed E-state index contributed by atoms with van der Waals surface area (Å²) in [7, 11) is 0. The second-order valence-electron chi connectivity index (χ2n) is 6.98. The topological polar surface area (TPSA) is 66.5 Å². The minimum atomic E-state index is -4.88. The van der Waals surface area contributed by atoms with E-state index in [1.54, 1.807) is 12.1 Å². The first-order valence-electron chi connectivity index (χ1n) is 9.05. The zero-order valence-corrected chi connectivity index (χ0v) is 18.4. The number of nitrogens with zero attached hydrogens (tertiary/aromatic N) is 2. The maximum atomic E-state index is 12.5. The molecule has 2 N–H and O–H groups in total. The fraction of sp³-hybridized carbons (Fsp3) is 0.368. The number of amides is 1. The van der Waals surface area contributed by atoms with Crippen molar-refractivity contribution in [1.29, 1.82) is 0 Å². The number of hydrogen-bond acceptors (Lipinski definition) is 5. The van der Waals surface area contributed by atoms with E-state index in [2.05, 4.69) is 55.0 Å². The summed E-state index contributed by atoms with van der Waals surface area (Å²) in [6, 6.07) is 6.14. The summed E-state index contributed by atoms with van der Waals surface area (Å²) in [5, 5.41) is 5.93. The third-order valence-corrected chi connectivity index (χ3v) is 5.50. The van der Waals surface area contributed by atoms with Crippen LogP contribution in [-0.4, -0.2) is 42.4 Å². The van der Waals surface area contributed by atoms with E-state index in [0.717, 1.165) is 25.0 Å². The first kappa shape index (κ1) is 22.6. The lowest BCUT2D eigenvalue weighted by Crippen LogP contribution is -2.54. The van der Waals surface area contributed by atoms with Gasteiger partial charge in [0, 0.05) is 37.4 Å². The smallest absolute Gasteiger partial charge is 0.405 e. The van der Waals surface area contributed by atoms with Crippen LogP contribution in [-0.2, 0) is 0 Å². The van der Waals surface area contributed by atoms with E-state index in [1.807, 2.05) is 0 Å². The van der Waals surface area contributed by atoms with Gasteiger partial charge in [0.15, 0.2) is 0 Å². The van der Waals surface area contributed by atoms with Crippen molar-refractivity contribution in [2.75, 3.05) is 23.3 Å². The van der Waals surface area contributed by atoms with Gasteiger partial charge in [-0.3, -0.25) is 4.79 Å². The Kier molecular flexibility index (Phi) is 6.78. The number of anilines is 2. The molecule has 162 valence electrons. The van der Waals surface area contributed by atoms with E-state index in [9.17, 15) is 18.0 Å². The van der Waals surface area contributed by atoms with E-state index >= 15 is 0 Å². The van der Waals surface area contributed by atoms with E-state index in [0.29, 0.717) is 6.04 Å². The Morgan fingerprint density at radius 2 is 2.10 bits per heavy atom. The summed E-state index contributed by atoms with van der Waals surface area (Å²) in [5.74, 6) is -0.328. The number of alkyl halides is 3. The van der Waals surface area contributed by atoms with Crippen LogP contribution in [0.2, 0.25) is 5.02 Å². The Labute approximate surface area is 184 Å². The lowest BCUT2D eigenvalue weighted by molar-refractivity contribution is -0.274. The third-order valence-electron chi connectivity index (χ3n) is 4.56. The fourth-order valence-corrected chi connectivity index (χ4v) is 3.82. The van der Waals surface area contributed by atoms with Gasteiger partial charge in [0.2, 0.25) is 0 Å². The molecule has 0 unspecified atom stereocenters. The first-order valence-corrected chi connectivity index (χ1v) is 10.2. The number of carbonyl (C=O) groups excluding carboxylic acids is 1. The fourth-order valence-electron chi connectivity index (χ4n) is 3.05. The minimum absolute atomic E-state index is 0.00760. The molecule has 1 saturated heterocycles. The van der Waals surface area contributed by atoms with Crippen molar-refractivity contribution in [3.63, 3.8) is 0 Å². The summed E-state index contributed by atoms with van der Waals surface area (Å²) in [6.45, 7) is 5.78. The maximum Gasteiger partial charge on any atom is 0.573 e. The molecule has 2 aromatic rings. The van der Waals surface area contributed by atoms with Gasteiger partial charge in [0.25, 0.3) is 5.91 Å². The molecule has 30 heavy (non-hydrogen) atoms.